The lowest BCUT2D eigenvalue weighted by molar-refractivity contribution is 0.0951. The lowest BCUT2D eigenvalue weighted by Crippen LogP contribution is -2.24. The normalized spacial score (nSPS) is 10.3. The van der Waals surface area contributed by atoms with E-state index in [4.69, 9.17) is 0 Å². The molecule has 0 radical (unpaired) electrons. The standard InChI is InChI=1S/C13H17BrFNO/c1-2-3-4-5-9-16-13(17)10-7-6-8-11(15)12(10)14/h6-8H,2-5,9H2,1H3,(H,16,17). The summed E-state index contributed by atoms with van der Waals surface area (Å²) in [5.74, 6) is -0.642. The van der Waals surface area contributed by atoms with Gasteiger partial charge in [-0.1, -0.05) is 32.3 Å². The van der Waals surface area contributed by atoms with Gasteiger partial charge in [-0.05, 0) is 34.5 Å². The molecule has 4 heteroatoms. The highest BCUT2D eigenvalue weighted by Gasteiger charge is 2.11. The Morgan fingerprint density at radius 2 is 2.12 bits per heavy atom. The van der Waals surface area contributed by atoms with Crippen molar-refractivity contribution in [1.29, 1.82) is 0 Å². The molecule has 1 rings (SSSR count). The van der Waals surface area contributed by atoms with Crippen molar-refractivity contribution in [3.63, 3.8) is 0 Å². The van der Waals surface area contributed by atoms with E-state index >= 15 is 0 Å². The third kappa shape index (κ3) is 4.46. The zero-order chi connectivity index (χ0) is 12.7. The van der Waals surface area contributed by atoms with Crippen LogP contribution in [0.25, 0.3) is 0 Å². The van der Waals surface area contributed by atoms with Crippen molar-refractivity contribution in [1.82, 2.24) is 5.32 Å². The van der Waals surface area contributed by atoms with E-state index in [-0.39, 0.29) is 10.4 Å². The predicted molar refractivity (Wildman–Crippen MR) is 70.6 cm³/mol. The zero-order valence-electron chi connectivity index (χ0n) is 9.93. The predicted octanol–water partition coefficient (Wildman–Crippen LogP) is 3.90. The Labute approximate surface area is 110 Å². The van der Waals surface area contributed by atoms with Gasteiger partial charge in [0.25, 0.3) is 5.91 Å². The first-order valence-corrected chi connectivity index (χ1v) is 6.68. The van der Waals surface area contributed by atoms with E-state index in [2.05, 4.69) is 28.2 Å². The minimum absolute atomic E-state index is 0.228. The Balaban J connectivity index is 2.44. The third-order valence-corrected chi connectivity index (χ3v) is 3.32. The summed E-state index contributed by atoms with van der Waals surface area (Å²) in [6.07, 6.45) is 4.43. The fraction of sp³-hybridized carbons (Fsp3) is 0.462. The summed E-state index contributed by atoms with van der Waals surface area (Å²) < 4.78 is 13.4. The van der Waals surface area contributed by atoms with Gasteiger partial charge in [-0.15, -0.1) is 0 Å². The number of rotatable bonds is 6. The fourth-order valence-electron chi connectivity index (χ4n) is 1.53. The van der Waals surface area contributed by atoms with Crippen LogP contribution in [0.4, 0.5) is 4.39 Å². The van der Waals surface area contributed by atoms with Crippen molar-refractivity contribution in [3.05, 3.63) is 34.1 Å². The molecule has 1 amide bonds. The average molecular weight is 302 g/mol. The number of carbonyl (C=O) groups excluding carboxylic acids is 1. The van der Waals surface area contributed by atoms with E-state index < -0.39 is 5.82 Å². The molecule has 2 nitrogen and oxygen atoms in total. The molecule has 17 heavy (non-hydrogen) atoms. The molecule has 0 heterocycles. The van der Waals surface area contributed by atoms with Crippen LogP contribution in [0.15, 0.2) is 22.7 Å². The molecular formula is C13H17BrFNO. The van der Waals surface area contributed by atoms with Crippen molar-refractivity contribution < 1.29 is 9.18 Å². The Morgan fingerprint density at radius 1 is 1.35 bits per heavy atom. The van der Waals surface area contributed by atoms with Crippen LogP contribution in [0.1, 0.15) is 43.0 Å². The van der Waals surface area contributed by atoms with Crippen molar-refractivity contribution >= 4 is 21.8 Å². The number of amides is 1. The van der Waals surface area contributed by atoms with Crippen LogP contribution < -0.4 is 5.32 Å². The summed E-state index contributed by atoms with van der Waals surface area (Å²) in [6, 6.07) is 4.46. The molecule has 0 fully saturated rings. The molecular weight excluding hydrogens is 285 g/mol. The molecule has 1 aromatic rings. The zero-order valence-corrected chi connectivity index (χ0v) is 11.5. The van der Waals surface area contributed by atoms with Crippen molar-refractivity contribution in [3.8, 4) is 0 Å². The van der Waals surface area contributed by atoms with Gasteiger partial charge in [0.15, 0.2) is 0 Å². The van der Waals surface area contributed by atoms with Gasteiger partial charge in [-0.2, -0.15) is 0 Å². The molecule has 0 bridgehead atoms. The van der Waals surface area contributed by atoms with Gasteiger partial charge in [0.2, 0.25) is 0 Å². The summed E-state index contributed by atoms with van der Waals surface area (Å²) in [5, 5.41) is 2.79. The molecule has 94 valence electrons. The number of unbranched alkanes of at least 4 members (excludes halogenated alkanes) is 3. The van der Waals surface area contributed by atoms with Crippen LogP contribution in [0, 0.1) is 5.82 Å². The maximum atomic E-state index is 13.2. The molecule has 1 N–H and O–H groups in total. The Hall–Kier alpha value is -0.900. The van der Waals surface area contributed by atoms with Gasteiger partial charge in [-0.25, -0.2) is 4.39 Å². The maximum Gasteiger partial charge on any atom is 0.252 e. The highest BCUT2D eigenvalue weighted by atomic mass is 79.9. The van der Waals surface area contributed by atoms with E-state index in [1.807, 2.05) is 0 Å². The molecule has 0 unspecified atom stereocenters. The number of nitrogens with one attached hydrogen (secondary N) is 1. The Morgan fingerprint density at radius 3 is 2.82 bits per heavy atom. The number of halogens is 2. The topological polar surface area (TPSA) is 29.1 Å². The van der Waals surface area contributed by atoms with E-state index in [0.717, 1.165) is 12.8 Å². The third-order valence-electron chi connectivity index (χ3n) is 2.51. The maximum absolute atomic E-state index is 13.2. The van der Waals surface area contributed by atoms with E-state index in [1.54, 1.807) is 6.07 Å². The van der Waals surface area contributed by atoms with Gasteiger partial charge in [0.05, 0.1) is 10.0 Å². The Bertz CT molecular complexity index is 382. The van der Waals surface area contributed by atoms with Crippen LogP contribution in [-0.2, 0) is 0 Å². The van der Waals surface area contributed by atoms with Crippen LogP contribution in [-0.4, -0.2) is 12.5 Å². The molecule has 0 aliphatic heterocycles. The molecule has 0 aliphatic rings. The first kappa shape index (κ1) is 14.2. The van der Waals surface area contributed by atoms with Crippen LogP contribution in [0.2, 0.25) is 0 Å². The lowest BCUT2D eigenvalue weighted by atomic mass is 10.2. The van der Waals surface area contributed by atoms with Crippen LogP contribution >= 0.6 is 15.9 Å². The molecule has 0 saturated heterocycles. The largest absolute Gasteiger partial charge is 0.352 e. The van der Waals surface area contributed by atoms with Gasteiger partial charge in [0.1, 0.15) is 5.82 Å². The van der Waals surface area contributed by atoms with Crippen LogP contribution in [0.3, 0.4) is 0 Å². The van der Waals surface area contributed by atoms with Crippen molar-refractivity contribution in [2.45, 2.75) is 32.6 Å². The smallest absolute Gasteiger partial charge is 0.252 e. The Kier molecular flexibility index (Phi) is 6.19. The summed E-state index contributed by atoms with van der Waals surface area (Å²) in [5.41, 5.74) is 0.348. The van der Waals surface area contributed by atoms with Gasteiger partial charge in [-0.3, -0.25) is 4.79 Å². The molecule has 0 saturated carbocycles. The number of hydrogen-bond donors (Lipinski definition) is 1. The first-order valence-electron chi connectivity index (χ1n) is 5.89. The van der Waals surface area contributed by atoms with Crippen molar-refractivity contribution in [2.24, 2.45) is 0 Å². The number of benzene rings is 1. The first-order chi connectivity index (χ1) is 8.16. The second-order valence-electron chi connectivity index (χ2n) is 3.92. The van der Waals surface area contributed by atoms with Crippen LogP contribution in [0.5, 0.6) is 0 Å². The molecule has 0 spiro atoms. The van der Waals surface area contributed by atoms with Gasteiger partial charge in [0, 0.05) is 6.54 Å². The monoisotopic (exact) mass is 301 g/mol. The summed E-state index contributed by atoms with van der Waals surface area (Å²) in [7, 11) is 0. The summed E-state index contributed by atoms with van der Waals surface area (Å²) >= 11 is 3.08. The highest BCUT2D eigenvalue weighted by molar-refractivity contribution is 9.10. The number of hydrogen-bond acceptors (Lipinski definition) is 1. The average Bonchev–Trinajstić information content (AvgIpc) is 2.32. The molecule has 1 aromatic carbocycles. The molecule has 0 aliphatic carbocycles. The van der Waals surface area contributed by atoms with Gasteiger partial charge >= 0.3 is 0 Å². The lowest BCUT2D eigenvalue weighted by Gasteiger charge is -2.07. The summed E-state index contributed by atoms with van der Waals surface area (Å²) in [4.78, 5) is 11.7. The quantitative estimate of drug-likeness (QED) is 0.793. The summed E-state index contributed by atoms with van der Waals surface area (Å²) in [6.45, 7) is 2.78. The number of carbonyl (C=O) groups is 1. The molecule has 0 aromatic heterocycles. The van der Waals surface area contributed by atoms with E-state index in [9.17, 15) is 9.18 Å². The minimum Gasteiger partial charge on any atom is -0.352 e. The van der Waals surface area contributed by atoms with E-state index in [0.29, 0.717) is 12.1 Å². The minimum atomic E-state index is -0.413. The second kappa shape index (κ2) is 7.43. The highest BCUT2D eigenvalue weighted by Crippen LogP contribution is 2.20. The van der Waals surface area contributed by atoms with Gasteiger partial charge < -0.3 is 5.32 Å². The molecule has 0 atom stereocenters. The van der Waals surface area contributed by atoms with E-state index in [1.165, 1.54) is 25.0 Å². The second-order valence-corrected chi connectivity index (χ2v) is 4.71. The SMILES string of the molecule is CCCCCCNC(=O)c1cccc(F)c1Br. The fourth-order valence-corrected chi connectivity index (χ4v) is 1.97. The van der Waals surface area contributed by atoms with Crippen molar-refractivity contribution in [2.75, 3.05) is 6.54 Å².